The Morgan fingerprint density at radius 3 is 2.87 bits per heavy atom. The molecule has 0 N–H and O–H groups in total. The van der Waals surface area contributed by atoms with Crippen LogP contribution in [0.25, 0.3) is 22.3 Å². The summed E-state index contributed by atoms with van der Waals surface area (Å²) in [6, 6.07) is 6.61. The summed E-state index contributed by atoms with van der Waals surface area (Å²) < 4.78 is 21.1. The molecule has 3 heterocycles. The lowest BCUT2D eigenvalue weighted by atomic mass is 10.1. The molecule has 4 rings (SSSR count). The molecule has 0 bridgehead atoms. The van der Waals surface area contributed by atoms with E-state index in [-0.39, 0.29) is 5.82 Å². The summed E-state index contributed by atoms with van der Waals surface area (Å²) in [5.41, 5.74) is 1.33. The molecular weight excluding hydrogens is 297 g/mol. The first-order chi connectivity index (χ1) is 11.2. The van der Waals surface area contributed by atoms with E-state index in [2.05, 4.69) is 20.0 Å². The quantitative estimate of drug-likeness (QED) is 0.724. The second-order valence-electron chi connectivity index (χ2n) is 5.49. The minimum atomic E-state index is -0.291. The van der Waals surface area contributed by atoms with Crippen molar-refractivity contribution in [2.75, 3.05) is 31.2 Å². The van der Waals surface area contributed by atoms with Gasteiger partial charge in [-0.15, -0.1) is 5.10 Å². The van der Waals surface area contributed by atoms with Crippen molar-refractivity contribution >= 4 is 16.9 Å². The summed E-state index contributed by atoms with van der Waals surface area (Å²) >= 11 is 0. The van der Waals surface area contributed by atoms with Gasteiger partial charge in [-0.05, 0) is 18.2 Å². The molecule has 6 nitrogen and oxygen atoms in total. The van der Waals surface area contributed by atoms with E-state index in [1.165, 1.54) is 6.07 Å². The largest absolute Gasteiger partial charge is 0.378 e. The van der Waals surface area contributed by atoms with Crippen molar-refractivity contribution in [3.05, 3.63) is 36.3 Å². The molecule has 118 valence electrons. The fourth-order valence-corrected chi connectivity index (χ4v) is 2.77. The standard InChI is InChI=1S/C16H16FN5O/c1-21-16(22-5-7-23-8-6-22)19-15(20-21)11-9-12-13(17)3-2-4-14(12)18-10-11/h2-4,9-10H,5-8H2,1H3. The zero-order valence-corrected chi connectivity index (χ0v) is 12.7. The van der Waals surface area contributed by atoms with Gasteiger partial charge in [0.15, 0.2) is 5.82 Å². The first kappa shape index (κ1) is 14.1. The summed E-state index contributed by atoms with van der Waals surface area (Å²) in [5, 5.41) is 4.93. The molecule has 0 unspecified atom stereocenters. The Morgan fingerprint density at radius 1 is 1.22 bits per heavy atom. The second kappa shape index (κ2) is 5.58. The lowest BCUT2D eigenvalue weighted by Crippen LogP contribution is -2.37. The lowest BCUT2D eigenvalue weighted by Gasteiger charge is -2.26. The average Bonchev–Trinajstić information content (AvgIpc) is 2.98. The predicted molar refractivity (Wildman–Crippen MR) is 84.7 cm³/mol. The molecule has 0 saturated carbocycles. The minimum absolute atomic E-state index is 0.291. The SMILES string of the molecule is Cn1nc(-c2cnc3cccc(F)c3c2)nc1N1CCOCC1. The van der Waals surface area contributed by atoms with Crippen LogP contribution in [0.4, 0.5) is 10.3 Å². The number of pyridine rings is 1. The van der Waals surface area contributed by atoms with E-state index in [0.717, 1.165) is 19.0 Å². The molecule has 1 aromatic carbocycles. The molecule has 0 aliphatic carbocycles. The number of anilines is 1. The van der Waals surface area contributed by atoms with Gasteiger partial charge in [-0.2, -0.15) is 4.98 Å². The third-order valence-electron chi connectivity index (χ3n) is 3.96. The third-order valence-corrected chi connectivity index (χ3v) is 3.96. The maximum absolute atomic E-state index is 13.9. The summed E-state index contributed by atoms with van der Waals surface area (Å²) in [7, 11) is 1.86. The van der Waals surface area contributed by atoms with Gasteiger partial charge in [0.2, 0.25) is 5.95 Å². The molecule has 3 aromatic rings. The van der Waals surface area contributed by atoms with Gasteiger partial charge in [-0.1, -0.05) is 6.07 Å². The maximum atomic E-state index is 13.9. The fourth-order valence-electron chi connectivity index (χ4n) is 2.77. The molecular formula is C16H16FN5O. The van der Waals surface area contributed by atoms with Crippen LogP contribution in [0, 0.1) is 5.82 Å². The van der Waals surface area contributed by atoms with Gasteiger partial charge in [-0.3, -0.25) is 4.98 Å². The second-order valence-corrected chi connectivity index (χ2v) is 5.49. The van der Waals surface area contributed by atoms with Crippen molar-refractivity contribution in [2.24, 2.45) is 7.05 Å². The highest BCUT2D eigenvalue weighted by molar-refractivity contribution is 5.83. The topological polar surface area (TPSA) is 56.1 Å². The Balaban J connectivity index is 1.74. The number of aryl methyl sites for hydroxylation is 1. The number of aromatic nitrogens is 4. The molecule has 0 radical (unpaired) electrons. The maximum Gasteiger partial charge on any atom is 0.224 e. The number of ether oxygens (including phenoxy) is 1. The summed E-state index contributed by atoms with van der Waals surface area (Å²) in [6.45, 7) is 2.95. The third kappa shape index (κ3) is 2.53. The molecule has 1 fully saturated rings. The van der Waals surface area contributed by atoms with Crippen LogP contribution in [0.5, 0.6) is 0 Å². The number of halogens is 1. The van der Waals surface area contributed by atoms with Gasteiger partial charge in [0.25, 0.3) is 0 Å². The highest BCUT2D eigenvalue weighted by Gasteiger charge is 2.18. The summed E-state index contributed by atoms with van der Waals surface area (Å²) in [6.07, 6.45) is 1.68. The van der Waals surface area contributed by atoms with Crippen molar-refractivity contribution < 1.29 is 9.13 Å². The first-order valence-corrected chi connectivity index (χ1v) is 7.51. The number of hydrogen-bond acceptors (Lipinski definition) is 5. The molecule has 23 heavy (non-hydrogen) atoms. The highest BCUT2D eigenvalue weighted by Crippen LogP contribution is 2.24. The smallest absolute Gasteiger partial charge is 0.224 e. The van der Waals surface area contributed by atoms with Crippen molar-refractivity contribution in [1.29, 1.82) is 0 Å². The van der Waals surface area contributed by atoms with Gasteiger partial charge >= 0.3 is 0 Å². The zero-order valence-electron chi connectivity index (χ0n) is 12.7. The van der Waals surface area contributed by atoms with Gasteiger partial charge in [0.1, 0.15) is 5.82 Å². The van der Waals surface area contributed by atoms with Gasteiger partial charge in [0.05, 0.1) is 18.7 Å². The monoisotopic (exact) mass is 313 g/mol. The molecule has 1 aliphatic rings. The Kier molecular flexibility index (Phi) is 3.42. The Morgan fingerprint density at radius 2 is 2.04 bits per heavy atom. The van der Waals surface area contributed by atoms with E-state index in [1.807, 2.05) is 7.05 Å². The van der Waals surface area contributed by atoms with Gasteiger partial charge in [-0.25, -0.2) is 9.07 Å². The number of fused-ring (bicyclic) bond motifs is 1. The zero-order chi connectivity index (χ0) is 15.8. The molecule has 7 heteroatoms. The normalized spacial score (nSPS) is 15.3. The van der Waals surface area contributed by atoms with Crippen molar-refractivity contribution in [3.63, 3.8) is 0 Å². The molecule has 0 spiro atoms. The van der Waals surface area contributed by atoms with E-state index in [1.54, 1.807) is 29.1 Å². The fraction of sp³-hybridized carbons (Fsp3) is 0.312. The first-order valence-electron chi connectivity index (χ1n) is 7.51. The minimum Gasteiger partial charge on any atom is -0.378 e. The lowest BCUT2D eigenvalue weighted by molar-refractivity contribution is 0.121. The number of rotatable bonds is 2. The highest BCUT2D eigenvalue weighted by atomic mass is 19.1. The Bertz CT molecular complexity index is 857. The Hall–Kier alpha value is -2.54. The molecule has 1 aliphatic heterocycles. The summed E-state index contributed by atoms with van der Waals surface area (Å²) in [4.78, 5) is 11.0. The van der Waals surface area contributed by atoms with E-state index in [4.69, 9.17) is 4.74 Å². The van der Waals surface area contributed by atoms with Crippen LogP contribution in [-0.4, -0.2) is 46.1 Å². The van der Waals surface area contributed by atoms with Gasteiger partial charge < -0.3 is 9.64 Å². The molecule has 0 amide bonds. The van der Waals surface area contributed by atoms with Crippen LogP contribution in [0.15, 0.2) is 30.5 Å². The molecule has 1 saturated heterocycles. The number of hydrogen-bond donors (Lipinski definition) is 0. The summed E-state index contributed by atoms with van der Waals surface area (Å²) in [5.74, 6) is 1.05. The van der Waals surface area contributed by atoms with E-state index < -0.39 is 0 Å². The van der Waals surface area contributed by atoms with Crippen LogP contribution < -0.4 is 4.90 Å². The van der Waals surface area contributed by atoms with E-state index in [0.29, 0.717) is 35.5 Å². The van der Waals surface area contributed by atoms with E-state index in [9.17, 15) is 4.39 Å². The van der Waals surface area contributed by atoms with Crippen LogP contribution >= 0.6 is 0 Å². The van der Waals surface area contributed by atoms with Crippen molar-refractivity contribution in [2.45, 2.75) is 0 Å². The van der Waals surface area contributed by atoms with Crippen LogP contribution in [0.3, 0.4) is 0 Å². The van der Waals surface area contributed by atoms with Crippen LogP contribution in [0.2, 0.25) is 0 Å². The van der Waals surface area contributed by atoms with Crippen molar-refractivity contribution in [3.8, 4) is 11.4 Å². The van der Waals surface area contributed by atoms with Crippen LogP contribution in [-0.2, 0) is 11.8 Å². The number of benzene rings is 1. The Labute approximate surface area is 132 Å². The van der Waals surface area contributed by atoms with E-state index >= 15 is 0 Å². The number of morpholine rings is 1. The molecule has 2 aromatic heterocycles. The van der Waals surface area contributed by atoms with Crippen LogP contribution in [0.1, 0.15) is 0 Å². The van der Waals surface area contributed by atoms with Crippen molar-refractivity contribution in [1.82, 2.24) is 19.7 Å². The average molecular weight is 313 g/mol. The molecule has 0 atom stereocenters. The number of nitrogens with zero attached hydrogens (tertiary/aromatic N) is 5. The predicted octanol–water partition coefficient (Wildman–Crippen LogP) is 2.01. The van der Waals surface area contributed by atoms with Gasteiger partial charge in [0, 0.05) is 37.3 Å².